The second-order valence-electron chi connectivity index (χ2n) is 8.60. The molecule has 3 heterocycles. The summed E-state index contributed by atoms with van der Waals surface area (Å²) in [6, 6.07) is 7.68. The number of aryl methyl sites for hydroxylation is 2. The van der Waals surface area contributed by atoms with Gasteiger partial charge in [0.15, 0.2) is 0 Å². The van der Waals surface area contributed by atoms with Crippen LogP contribution < -0.4 is 4.90 Å². The van der Waals surface area contributed by atoms with Crippen molar-refractivity contribution in [3.05, 3.63) is 29.3 Å². The number of piperidine rings is 1. The average molecular weight is 384 g/mol. The molecule has 2 aliphatic heterocycles. The molecule has 0 amide bonds. The molecule has 2 aliphatic rings. The smallest absolute Gasteiger partial charge is 0.266 e. The van der Waals surface area contributed by atoms with Gasteiger partial charge in [-0.05, 0) is 57.3 Å². The molecule has 6 heteroatoms. The van der Waals surface area contributed by atoms with Crippen molar-refractivity contribution in [2.75, 3.05) is 44.2 Å². The Balaban J connectivity index is 1.34. The molecule has 0 N–H and O–H groups in total. The Bertz CT molecular complexity index is 786. The number of nitrogens with zero attached hydrogens (tertiary/aromatic N) is 5. The van der Waals surface area contributed by atoms with Gasteiger partial charge in [-0.1, -0.05) is 17.7 Å². The van der Waals surface area contributed by atoms with Gasteiger partial charge >= 0.3 is 0 Å². The number of rotatable bonds is 4. The summed E-state index contributed by atoms with van der Waals surface area (Å²) >= 11 is 0. The lowest BCUT2D eigenvalue weighted by Crippen LogP contribution is -2.54. The molecule has 2 aromatic rings. The molecule has 0 radical (unpaired) electrons. The van der Waals surface area contributed by atoms with Crippen LogP contribution in [0, 0.1) is 13.8 Å². The van der Waals surface area contributed by atoms with Crippen LogP contribution in [0.5, 0.6) is 0 Å². The molecule has 1 aromatic carbocycles. The average Bonchev–Trinajstić information content (AvgIpc) is 3.18. The Labute approximate surface area is 168 Å². The van der Waals surface area contributed by atoms with E-state index in [9.17, 15) is 0 Å². The van der Waals surface area contributed by atoms with Crippen LogP contribution in [0.2, 0.25) is 0 Å². The van der Waals surface area contributed by atoms with Crippen molar-refractivity contribution in [2.45, 2.75) is 52.6 Å². The Hall–Kier alpha value is -1.92. The van der Waals surface area contributed by atoms with Crippen molar-refractivity contribution in [2.24, 2.45) is 0 Å². The summed E-state index contributed by atoms with van der Waals surface area (Å²) in [4.78, 5) is 12.2. The highest BCUT2D eigenvalue weighted by atomic mass is 16.5. The minimum Gasteiger partial charge on any atom is -0.338 e. The van der Waals surface area contributed by atoms with Crippen LogP contribution in [0.4, 0.5) is 5.95 Å². The zero-order valence-corrected chi connectivity index (χ0v) is 17.7. The third-order valence-electron chi connectivity index (χ3n) is 6.37. The molecule has 0 bridgehead atoms. The van der Waals surface area contributed by atoms with E-state index < -0.39 is 0 Å². The number of hydrogen-bond donors (Lipinski definition) is 0. The summed E-state index contributed by atoms with van der Waals surface area (Å²) in [5.41, 5.74) is 3.45. The first-order chi connectivity index (χ1) is 13.5. The van der Waals surface area contributed by atoms with Crippen LogP contribution >= 0.6 is 0 Å². The number of hydrogen-bond acceptors (Lipinski definition) is 6. The normalized spacial score (nSPS) is 20.2. The maximum absolute atomic E-state index is 5.58. The van der Waals surface area contributed by atoms with Crippen molar-refractivity contribution in [3.63, 3.8) is 0 Å². The Morgan fingerprint density at radius 1 is 1.00 bits per heavy atom. The van der Waals surface area contributed by atoms with E-state index in [1.54, 1.807) is 0 Å². The van der Waals surface area contributed by atoms with Gasteiger partial charge in [-0.2, -0.15) is 4.98 Å². The first-order valence-electron chi connectivity index (χ1n) is 10.7. The van der Waals surface area contributed by atoms with Gasteiger partial charge in [0.1, 0.15) is 0 Å². The van der Waals surface area contributed by atoms with Crippen molar-refractivity contribution >= 4 is 5.95 Å². The number of aromatic nitrogens is 2. The van der Waals surface area contributed by atoms with E-state index in [4.69, 9.17) is 4.52 Å². The molecular weight excluding hydrogens is 350 g/mol. The van der Waals surface area contributed by atoms with E-state index in [1.165, 1.54) is 50.1 Å². The predicted octanol–water partition coefficient (Wildman–Crippen LogP) is 3.35. The Morgan fingerprint density at radius 2 is 1.71 bits per heavy atom. The van der Waals surface area contributed by atoms with Crippen LogP contribution in [0.1, 0.15) is 37.8 Å². The SMILES string of the molecule is Cc1ccc(-c2nc(N3CCC(N4CCN(C(C)C)CC4)CC3)no2)c(C)c1. The van der Waals surface area contributed by atoms with Crippen molar-refractivity contribution < 1.29 is 4.52 Å². The summed E-state index contributed by atoms with van der Waals surface area (Å²) < 4.78 is 5.58. The summed E-state index contributed by atoms with van der Waals surface area (Å²) in [6.07, 6.45) is 2.35. The van der Waals surface area contributed by atoms with E-state index in [2.05, 4.69) is 70.7 Å². The van der Waals surface area contributed by atoms with Crippen molar-refractivity contribution in [1.29, 1.82) is 0 Å². The molecule has 0 aliphatic carbocycles. The highest BCUT2D eigenvalue weighted by Crippen LogP contribution is 2.27. The zero-order valence-electron chi connectivity index (χ0n) is 17.7. The van der Waals surface area contributed by atoms with Gasteiger partial charge in [-0.15, -0.1) is 0 Å². The molecule has 0 unspecified atom stereocenters. The molecule has 4 rings (SSSR count). The van der Waals surface area contributed by atoms with Crippen molar-refractivity contribution in [1.82, 2.24) is 19.9 Å². The first kappa shape index (κ1) is 19.4. The molecule has 0 saturated carbocycles. The van der Waals surface area contributed by atoms with Gasteiger partial charge in [0, 0.05) is 56.9 Å². The molecule has 0 atom stereocenters. The van der Waals surface area contributed by atoms with E-state index in [1.807, 2.05) is 0 Å². The lowest BCUT2D eigenvalue weighted by Gasteiger charge is -2.43. The number of benzene rings is 1. The molecule has 2 fully saturated rings. The molecule has 28 heavy (non-hydrogen) atoms. The zero-order chi connectivity index (χ0) is 19.7. The molecule has 2 saturated heterocycles. The molecule has 1 aromatic heterocycles. The highest BCUT2D eigenvalue weighted by Gasteiger charge is 2.29. The van der Waals surface area contributed by atoms with Crippen LogP contribution in [0.25, 0.3) is 11.5 Å². The fraction of sp³-hybridized carbons (Fsp3) is 0.636. The summed E-state index contributed by atoms with van der Waals surface area (Å²) in [6.45, 7) is 15.6. The predicted molar refractivity (Wildman–Crippen MR) is 113 cm³/mol. The van der Waals surface area contributed by atoms with E-state index in [-0.39, 0.29) is 0 Å². The second-order valence-corrected chi connectivity index (χ2v) is 8.60. The molecule has 152 valence electrons. The van der Waals surface area contributed by atoms with E-state index >= 15 is 0 Å². The Morgan fingerprint density at radius 3 is 2.36 bits per heavy atom. The largest absolute Gasteiger partial charge is 0.338 e. The van der Waals surface area contributed by atoms with E-state index in [0.29, 0.717) is 18.0 Å². The third kappa shape index (κ3) is 4.08. The minimum atomic E-state index is 0.624. The van der Waals surface area contributed by atoms with Gasteiger partial charge in [-0.3, -0.25) is 9.80 Å². The van der Waals surface area contributed by atoms with Crippen LogP contribution in [-0.2, 0) is 0 Å². The quantitative estimate of drug-likeness (QED) is 0.807. The first-order valence-corrected chi connectivity index (χ1v) is 10.7. The van der Waals surface area contributed by atoms with Gasteiger partial charge in [0.05, 0.1) is 0 Å². The number of piperazine rings is 1. The fourth-order valence-corrected chi connectivity index (χ4v) is 4.56. The van der Waals surface area contributed by atoms with Crippen LogP contribution in [-0.4, -0.2) is 71.3 Å². The monoisotopic (exact) mass is 383 g/mol. The topological polar surface area (TPSA) is 48.6 Å². The Kier molecular flexibility index (Phi) is 5.69. The summed E-state index contributed by atoms with van der Waals surface area (Å²) in [5, 5.41) is 4.27. The highest BCUT2D eigenvalue weighted by molar-refractivity contribution is 5.60. The van der Waals surface area contributed by atoms with Crippen LogP contribution in [0.3, 0.4) is 0 Å². The maximum Gasteiger partial charge on any atom is 0.266 e. The molecule has 0 spiro atoms. The summed E-state index contributed by atoms with van der Waals surface area (Å²) in [5.74, 6) is 1.36. The van der Waals surface area contributed by atoms with Gasteiger partial charge in [0.2, 0.25) is 0 Å². The third-order valence-corrected chi connectivity index (χ3v) is 6.37. The minimum absolute atomic E-state index is 0.624. The standard InChI is InChI=1S/C22H33N5O/c1-16(2)25-11-13-26(14-12-25)19-7-9-27(10-8-19)22-23-21(28-24-22)20-6-5-17(3)15-18(20)4/h5-6,15-16,19H,7-14H2,1-4H3. The molecule has 6 nitrogen and oxygen atoms in total. The van der Waals surface area contributed by atoms with E-state index in [0.717, 1.165) is 24.6 Å². The second kappa shape index (κ2) is 8.21. The molecular formula is C22H33N5O. The van der Waals surface area contributed by atoms with Gasteiger partial charge in [-0.25, -0.2) is 0 Å². The lowest BCUT2D eigenvalue weighted by molar-refractivity contribution is 0.0691. The number of anilines is 1. The van der Waals surface area contributed by atoms with Gasteiger partial charge < -0.3 is 9.42 Å². The fourth-order valence-electron chi connectivity index (χ4n) is 4.56. The van der Waals surface area contributed by atoms with Crippen LogP contribution in [0.15, 0.2) is 22.7 Å². The maximum atomic E-state index is 5.58. The summed E-state index contributed by atoms with van der Waals surface area (Å²) in [7, 11) is 0. The lowest BCUT2D eigenvalue weighted by atomic mass is 10.0. The van der Waals surface area contributed by atoms with Crippen molar-refractivity contribution in [3.8, 4) is 11.5 Å². The van der Waals surface area contributed by atoms with Gasteiger partial charge in [0.25, 0.3) is 11.8 Å².